The molecule has 0 unspecified atom stereocenters. The molecule has 6 heteroatoms. The highest BCUT2D eigenvalue weighted by Gasteiger charge is 2.16. The lowest BCUT2D eigenvalue weighted by atomic mass is 10.1. The number of rotatable bonds is 7. The van der Waals surface area contributed by atoms with Crippen LogP contribution in [0.2, 0.25) is 0 Å². The fourth-order valence-corrected chi connectivity index (χ4v) is 2.95. The third-order valence-electron chi connectivity index (χ3n) is 4.27. The Kier molecular flexibility index (Phi) is 5.85. The summed E-state index contributed by atoms with van der Waals surface area (Å²) >= 11 is 0. The van der Waals surface area contributed by atoms with Crippen molar-refractivity contribution < 1.29 is 9.47 Å². The van der Waals surface area contributed by atoms with E-state index >= 15 is 0 Å². The smallest absolute Gasteiger partial charge is 0.119 e. The molecule has 0 radical (unpaired) electrons. The number of hydrogen-bond acceptors (Lipinski definition) is 5. The first-order valence-electron chi connectivity index (χ1n) is 8.52. The molecule has 1 aromatic heterocycles. The fourth-order valence-electron chi connectivity index (χ4n) is 2.95. The van der Waals surface area contributed by atoms with Gasteiger partial charge in [-0.05, 0) is 31.3 Å². The summed E-state index contributed by atoms with van der Waals surface area (Å²) < 4.78 is 11.4. The predicted octanol–water partition coefficient (Wildman–Crippen LogP) is 2.02. The maximum atomic E-state index is 6.02. The molecule has 1 aliphatic heterocycles. The van der Waals surface area contributed by atoms with Gasteiger partial charge in [-0.15, -0.1) is 0 Å². The highest BCUT2D eigenvalue weighted by Crippen LogP contribution is 2.25. The molecule has 0 amide bonds. The molecule has 3 rings (SSSR count). The number of nitrogens with two attached hydrogens (primary N) is 1. The van der Waals surface area contributed by atoms with Gasteiger partial charge in [0.1, 0.15) is 11.9 Å². The minimum atomic E-state index is 0.260. The van der Waals surface area contributed by atoms with Gasteiger partial charge in [-0.25, -0.2) is 0 Å². The van der Waals surface area contributed by atoms with Crippen LogP contribution in [-0.2, 0) is 11.3 Å². The Labute approximate surface area is 142 Å². The van der Waals surface area contributed by atoms with E-state index in [9.17, 15) is 0 Å². The van der Waals surface area contributed by atoms with Crippen LogP contribution in [-0.4, -0.2) is 54.6 Å². The first-order valence-corrected chi connectivity index (χ1v) is 8.52. The number of aromatic nitrogens is 2. The number of likely N-dealkylation sites (N-methyl/N-ethyl adjacent to an activating group) is 1. The summed E-state index contributed by atoms with van der Waals surface area (Å²) in [6.45, 7) is 3.92. The van der Waals surface area contributed by atoms with Crippen molar-refractivity contribution >= 4 is 0 Å². The van der Waals surface area contributed by atoms with E-state index < -0.39 is 0 Å². The van der Waals surface area contributed by atoms with E-state index in [0.717, 1.165) is 56.2 Å². The molecule has 6 nitrogen and oxygen atoms in total. The molecule has 24 heavy (non-hydrogen) atoms. The molecule has 0 aliphatic carbocycles. The molecule has 130 valence electrons. The van der Waals surface area contributed by atoms with Crippen molar-refractivity contribution in [3.8, 4) is 17.0 Å². The van der Waals surface area contributed by atoms with Gasteiger partial charge in [0.2, 0.25) is 0 Å². The van der Waals surface area contributed by atoms with Gasteiger partial charge in [-0.2, -0.15) is 5.10 Å². The second-order valence-electron chi connectivity index (χ2n) is 6.24. The third-order valence-corrected chi connectivity index (χ3v) is 4.27. The van der Waals surface area contributed by atoms with Crippen LogP contribution in [0, 0.1) is 0 Å². The minimum absolute atomic E-state index is 0.260. The SMILES string of the molecule is CN(CCN)Cc1c[nH]nc1-c1ccc(OC2CCOCC2)cc1. The highest BCUT2D eigenvalue weighted by atomic mass is 16.5. The molecular weight excluding hydrogens is 304 g/mol. The van der Waals surface area contributed by atoms with E-state index in [1.165, 1.54) is 5.56 Å². The quantitative estimate of drug-likeness (QED) is 0.812. The van der Waals surface area contributed by atoms with Crippen LogP contribution < -0.4 is 10.5 Å². The van der Waals surface area contributed by atoms with Gasteiger partial charge < -0.3 is 20.1 Å². The van der Waals surface area contributed by atoms with Crippen LogP contribution in [0.1, 0.15) is 18.4 Å². The Morgan fingerprint density at radius 2 is 2.04 bits per heavy atom. The summed E-state index contributed by atoms with van der Waals surface area (Å²) in [4.78, 5) is 2.19. The number of nitrogens with one attached hydrogen (secondary N) is 1. The van der Waals surface area contributed by atoms with Crippen molar-refractivity contribution in [2.24, 2.45) is 5.73 Å². The van der Waals surface area contributed by atoms with E-state index in [2.05, 4.69) is 34.3 Å². The number of nitrogens with zero attached hydrogens (tertiary/aromatic N) is 2. The molecule has 1 fully saturated rings. The predicted molar refractivity (Wildman–Crippen MR) is 93.9 cm³/mol. The van der Waals surface area contributed by atoms with Gasteiger partial charge in [0.15, 0.2) is 0 Å². The molecule has 2 heterocycles. The molecule has 2 aromatic rings. The molecule has 1 saturated heterocycles. The lowest BCUT2D eigenvalue weighted by molar-refractivity contribution is 0.0256. The van der Waals surface area contributed by atoms with Gasteiger partial charge in [0, 0.05) is 49.8 Å². The van der Waals surface area contributed by atoms with Crippen molar-refractivity contribution in [1.82, 2.24) is 15.1 Å². The Bertz CT molecular complexity index is 620. The van der Waals surface area contributed by atoms with Gasteiger partial charge >= 0.3 is 0 Å². The van der Waals surface area contributed by atoms with Crippen molar-refractivity contribution in [3.63, 3.8) is 0 Å². The van der Waals surface area contributed by atoms with Crippen LogP contribution in [0.3, 0.4) is 0 Å². The number of ether oxygens (including phenoxy) is 2. The summed E-state index contributed by atoms with van der Waals surface area (Å²) in [5.41, 5.74) is 8.86. The first-order chi connectivity index (χ1) is 11.8. The van der Waals surface area contributed by atoms with Crippen LogP contribution in [0.5, 0.6) is 5.75 Å². The summed E-state index contributed by atoms with van der Waals surface area (Å²) in [5.74, 6) is 0.906. The zero-order valence-corrected chi connectivity index (χ0v) is 14.2. The fraction of sp³-hybridized carbons (Fsp3) is 0.500. The third kappa shape index (κ3) is 4.35. The van der Waals surface area contributed by atoms with Gasteiger partial charge in [-0.3, -0.25) is 5.10 Å². The van der Waals surface area contributed by atoms with E-state index in [1.54, 1.807) is 0 Å². The zero-order valence-electron chi connectivity index (χ0n) is 14.2. The summed E-state index contributed by atoms with van der Waals surface area (Å²) in [7, 11) is 2.06. The Hall–Kier alpha value is -1.89. The number of hydrogen-bond donors (Lipinski definition) is 2. The maximum absolute atomic E-state index is 6.02. The standard InChI is InChI=1S/C18H26N4O2/c1-22(9-8-19)13-15-12-20-21-18(15)14-2-4-16(5-3-14)24-17-6-10-23-11-7-17/h2-5,12,17H,6-11,13,19H2,1H3,(H,20,21). The summed E-state index contributed by atoms with van der Waals surface area (Å²) in [5, 5.41) is 7.38. The lowest BCUT2D eigenvalue weighted by Gasteiger charge is -2.23. The second-order valence-corrected chi connectivity index (χ2v) is 6.24. The molecule has 0 atom stereocenters. The van der Waals surface area contributed by atoms with Crippen molar-refractivity contribution in [3.05, 3.63) is 36.0 Å². The Morgan fingerprint density at radius 3 is 2.75 bits per heavy atom. The van der Waals surface area contributed by atoms with Crippen LogP contribution in [0.4, 0.5) is 0 Å². The normalized spacial score (nSPS) is 15.8. The second kappa shape index (κ2) is 8.28. The van der Waals surface area contributed by atoms with Gasteiger partial charge in [0.05, 0.1) is 18.9 Å². The molecule has 1 aliphatic rings. The Balaban J connectivity index is 1.66. The molecule has 0 bridgehead atoms. The van der Waals surface area contributed by atoms with Crippen LogP contribution in [0.15, 0.2) is 30.5 Å². The van der Waals surface area contributed by atoms with Crippen LogP contribution >= 0.6 is 0 Å². The molecular formula is C18H26N4O2. The Morgan fingerprint density at radius 1 is 1.29 bits per heavy atom. The van der Waals surface area contributed by atoms with Crippen molar-refractivity contribution in [2.45, 2.75) is 25.5 Å². The monoisotopic (exact) mass is 330 g/mol. The summed E-state index contributed by atoms with van der Waals surface area (Å²) in [6, 6.07) is 8.17. The molecule has 0 spiro atoms. The van der Waals surface area contributed by atoms with E-state index in [1.807, 2.05) is 18.3 Å². The van der Waals surface area contributed by atoms with E-state index in [4.69, 9.17) is 15.2 Å². The molecule has 3 N–H and O–H groups in total. The average molecular weight is 330 g/mol. The number of aromatic amines is 1. The lowest BCUT2D eigenvalue weighted by Crippen LogP contribution is -2.25. The number of benzene rings is 1. The largest absolute Gasteiger partial charge is 0.490 e. The average Bonchev–Trinajstić information content (AvgIpc) is 3.05. The van der Waals surface area contributed by atoms with Crippen molar-refractivity contribution in [1.29, 1.82) is 0 Å². The van der Waals surface area contributed by atoms with Gasteiger partial charge in [0.25, 0.3) is 0 Å². The topological polar surface area (TPSA) is 76.4 Å². The maximum Gasteiger partial charge on any atom is 0.119 e. The minimum Gasteiger partial charge on any atom is -0.490 e. The number of H-pyrrole nitrogens is 1. The van der Waals surface area contributed by atoms with Gasteiger partial charge in [-0.1, -0.05) is 0 Å². The highest BCUT2D eigenvalue weighted by molar-refractivity contribution is 5.63. The zero-order chi connectivity index (χ0) is 16.8. The van der Waals surface area contributed by atoms with Crippen LogP contribution in [0.25, 0.3) is 11.3 Å². The van der Waals surface area contributed by atoms with E-state index in [-0.39, 0.29) is 6.10 Å². The van der Waals surface area contributed by atoms with E-state index in [0.29, 0.717) is 6.54 Å². The molecule has 0 saturated carbocycles. The first kappa shape index (κ1) is 17.0. The van der Waals surface area contributed by atoms with Crippen molar-refractivity contribution in [2.75, 3.05) is 33.4 Å². The summed E-state index contributed by atoms with van der Waals surface area (Å²) in [6.07, 6.45) is 4.13. The molecule has 1 aromatic carbocycles.